The second-order valence-corrected chi connectivity index (χ2v) is 5.74. The van der Waals surface area contributed by atoms with Crippen molar-refractivity contribution in [3.63, 3.8) is 0 Å². The van der Waals surface area contributed by atoms with Crippen LogP contribution in [0.25, 0.3) is 10.9 Å². The number of nitrogens with one attached hydrogen (secondary N) is 2. The lowest BCUT2D eigenvalue weighted by Crippen LogP contribution is -2.03. The first-order chi connectivity index (χ1) is 10.2. The molecule has 108 valence electrons. The number of carbonyl (C=O) groups is 1. The number of nitrogens with zero attached hydrogens (tertiary/aromatic N) is 2. The molecule has 0 amide bonds. The van der Waals surface area contributed by atoms with E-state index < -0.39 is 0 Å². The number of aromatic nitrogens is 4. The lowest BCUT2D eigenvalue weighted by Gasteiger charge is -1.99. The van der Waals surface area contributed by atoms with Gasteiger partial charge >= 0.3 is 0 Å². The van der Waals surface area contributed by atoms with E-state index >= 15 is 0 Å². The van der Waals surface area contributed by atoms with Gasteiger partial charge in [0.05, 0.1) is 5.75 Å². The maximum atomic E-state index is 12.5. The number of fused-ring (bicyclic) bond motifs is 1. The molecule has 1 aromatic carbocycles. The van der Waals surface area contributed by atoms with Crippen molar-refractivity contribution in [2.45, 2.75) is 25.4 Å². The van der Waals surface area contributed by atoms with Crippen molar-refractivity contribution in [1.29, 1.82) is 0 Å². The summed E-state index contributed by atoms with van der Waals surface area (Å²) in [6, 6.07) is 7.86. The van der Waals surface area contributed by atoms with Crippen LogP contribution in [0.5, 0.6) is 0 Å². The number of para-hydroxylation sites is 1. The minimum absolute atomic E-state index is 0.0952. The van der Waals surface area contributed by atoms with Gasteiger partial charge in [0.2, 0.25) is 5.16 Å². The molecule has 6 heteroatoms. The van der Waals surface area contributed by atoms with Crippen LogP contribution in [0.2, 0.25) is 0 Å². The largest absolute Gasteiger partial charge is 0.358 e. The van der Waals surface area contributed by atoms with Crippen LogP contribution < -0.4 is 0 Å². The van der Waals surface area contributed by atoms with Gasteiger partial charge in [-0.3, -0.25) is 9.89 Å². The molecule has 0 spiro atoms. The molecular weight excluding hydrogens is 284 g/mol. The number of hydrogen-bond acceptors (Lipinski definition) is 4. The summed E-state index contributed by atoms with van der Waals surface area (Å²) in [4.78, 5) is 20.0. The van der Waals surface area contributed by atoms with Gasteiger partial charge in [-0.2, -0.15) is 0 Å². The molecule has 0 atom stereocenters. The summed E-state index contributed by atoms with van der Waals surface area (Å²) >= 11 is 1.36. The molecule has 2 heterocycles. The molecule has 3 rings (SSSR count). The van der Waals surface area contributed by atoms with Gasteiger partial charge in [-0.05, 0) is 13.0 Å². The number of hydrogen-bond donors (Lipinski definition) is 2. The van der Waals surface area contributed by atoms with E-state index in [1.807, 2.05) is 38.1 Å². The van der Waals surface area contributed by atoms with E-state index in [-0.39, 0.29) is 5.78 Å². The van der Waals surface area contributed by atoms with E-state index in [0.717, 1.165) is 34.4 Å². The quantitative estimate of drug-likeness (QED) is 0.561. The van der Waals surface area contributed by atoms with Crippen LogP contribution in [0, 0.1) is 6.92 Å². The molecule has 2 N–H and O–H groups in total. The molecule has 3 aromatic rings. The Bertz CT molecular complexity index is 790. The van der Waals surface area contributed by atoms with E-state index in [1.54, 1.807) is 0 Å². The van der Waals surface area contributed by atoms with Gasteiger partial charge in [0.1, 0.15) is 5.82 Å². The topological polar surface area (TPSA) is 74.4 Å². The van der Waals surface area contributed by atoms with Crippen LogP contribution in [0.4, 0.5) is 0 Å². The highest BCUT2D eigenvalue weighted by Crippen LogP contribution is 2.24. The highest BCUT2D eigenvalue weighted by atomic mass is 32.2. The number of aromatic amines is 2. The Morgan fingerprint density at radius 2 is 2.14 bits per heavy atom. The third-order valence-corrected chi connectivity index (χ3v) is 4.20. The Balaban J connectivity index is 1.79. The standard InChI is InChI=1S/C15H16N4OS/c1-3-13-17-15(19-18-13)21-8-12(20)14-9(2)16-11-7-5-4-6-10(11)14/h4-7,16H,3,8H2,1-2H3,(H,17,18,19). The summed E-state index contributed by atoms with van der Waals surface area (Å²) in [5, 5.41) is 8.55. The molecule has 21 heavy (non-hydrogen) atoms. The second-order valence-electron chi connectivity index (χ2n) is 4.80. The molecule has 5 nitrogen and oxygen atoms in total. The molecule has 0 fully saturated rings. The third kappa shape index (κ3) is 2.71. The summed E-state index contributed by atoms with van der Waals surface area (Å²) in [6.07, 6.45) is 0.809. The maximum absolute atomic E-state index is 12.5. The zero-order valence-corrected chi connectivity index (χ0v) is 12.8. The molecule has 0 saturated carbocycles. The number of aryl methyl sites for hydroxylation is 2. The Morgan fingerprint density at radius 3 is 2.90 bits per heavy atom. The fraction of sp³-hybridized carbons (Fsp3) is 0.267. The molecule has 2 aromatic heterocycles. The van der Waals surface area contributed by atoms with Crippen molar-refractivity contribution >= 4 is 28.4 Å². The normalized spacial score (nSPS) is 11.1. The monoisotopic (exact) mass is 300 g/mol. The molecule has 0 saturated heterocycles. The molecule has 0 bridgehead atoms. The summed E-state index contributed by atoms with van der Waals surface area (Å²) in [5.41, 5.74) is 2.67. The van der Waals surface area contributed by atoms with Gasteiger partial charge in [-0.25, -0.2) is 4.98 Å². The minimum atomic E-state index is 0.0952. The van der Waals surface area contributed by atoms with Crippen molar-refractivity contribution in [3.05, 3.63) is 41.3 Å². The zero-order chi connectivity index (χ0) is 14.8. The number of Topliss-reactive ketones (excluding diaryl/α,β-unsaturated/α-hetero) is 1. The van der Waals surface area contributed by atoms with E-state index in [0.29, 0.717) is 10.9 Å². The lowest BCUT2D eigenvalue weighted by atomic mass is 10.1. The highest BCUT2D eigenvalue weighted by Gasteiger charge is 2.16. The highest BCUT2D eigenvalue weighted by molar-refractivity contribution is 7.99. The molecular formula is C15H16N4OS. The van der Waals surface area contributed by atoms with Gasteiger partial charge in [0.15, 0.2) is 5.78 Å². The number of carbonyl (C=O) groups excluding carboxylic acids is 1. The Kier molecular flexibility index (Phi) is 3.79. The van der Waals surface area contributed by atoms with Crippen LogP contribution in [0.15, 0.2) is 29.4 Å². The van der Waals surface area contributed by atoms with E-state index in [9.17, 15) is 4.79 Å². The van der Waals surface area contributed by atoms with E-state index in [1.165, 1.54) is 11.8 Å². The van der Waals surface area contributed by atoms with Crippen LogP contribution >= 0.6 is 11.8 Å². The minimum Gasteiger partial charge on any atom is -0.358 e. The molecule has 0 radical (unpaired) electrons. The first-order valence-corrected chi connectivity index (χ1v) is 7.82. The number of H-pyrrole nitrogens is 2. The van der Waals surface area contributed by atoms with Crippen LogP contribution in [-0.4, -0.2) is 31.7 Å². The van der Waals surface area contributed by atoms with Crippen molar-refractivity contribution in [2.24, 2.45) is 0 Å². The number of thioether (sulfide) groups is 1. The summed E-state index contributed by atoms with van der Waals surface area (Å²) < 4.78 is 0. The Labute approximate surface area is 126 Å². The molecule has 0 aliphatic rings. The Morgan fingerprint density at radius 1 is 1.33 bits per heavy atom. The average molecular weight is 300 g/mol. The van der Waals surface area contributed by atoms with Gasteiger partial charge in [0.25, 0.3) is 0 Å². The first-order valence-electron chi connectivity index (χ1n) is 6.83. The lowest BCUT2D eigenvalue weighted by molar-refractivity contribution is 0.102. The van der Waals surface area contributed by atoms with Crippen molar-refractivity contribution < 1.29 is 4.79 Å². The van der Waals surface area contributed by atoms with Crippen LogP contribution in [0.1, 0.15) is 28.8 Å². The average Bonchev–Trinajstić information content (AvgIpc) is 3.07. The van der Waals surface area contributed by atoms with Gasteiger partial charge in [-0.1, -0.05) is 36.9 Å². The van der Waals surface area contributed by atoms with E-state index in [4.69, 9.17) is 0 Å². The smallest absolute Gasteiger partial charge is 0.208 e. The predicted molar refractivity (Wildman–Crippen MR) is 83.9 cm³/mol. The third-order valence-electron chi connectivity index (χ3n) is 3.35. The van der Waals surface area contributed by atoms with Gasteiger partial charge in [-0.15, -0.1) is 5.10 Å². The number of rotatable bonds is 5. The van der Waals surface area contributed by atoms with E-state index in [2.05, 4.69) is 20.2 Å². The first kappa shape index (κ1) is 13.9. The predicted octanol–water partition coefficient (Wildman–Crippen LogP) is 3.13. The van der Waals surface area contributed by atoms with Crippen molar-refractivity contribution in [3.8, 4) is 0 Å². The summed E-state index contributed by atoms with van der Waals surface area (Å²) in [7, 11) is 0. The molecule has 0 unspecified atom stereocenters. The van der Waals surface area contributed by atoms with Crippen LogP contribution in [-0.2, 0) is 6.42 Å². The fourth-order valence-electron chi connectivity index (χ4n) is 2.34. The van der Waals surface area contributed by atoms with Gasteiger partial charge < -0.3 is 4.98 Å². The van der Waals surface area contributed by atoms with Gasteiger partial charge in [0, 0.05) is 28.6 Å². The number of benzene rings is 1. The summed E-state index contributed by atoms with van der Waals surface area (Å²) in [5.74, 6) is 1.27. The summed E-state index contributed by atoms with van der Waals surface area (Å²) in [6.45, 7) is 3.94. The Hall–Kier alpha value is -2.08. The zero-order valence-electron chi connectivity index (χ0n) is 11.9. The fourth-order valence-corrected chi connectivity index (χ4v) is 3.03. The maximum Gasteiger partial charge on any atom is 0.208 e. The van der Waals surface area contributed by atoms with Crippen molar-refractivity contribution in [1.82, 2.24) is 20.2 Å². The molecule has 0 aliphatic carbocycles. The van der Waals surface area contributed by atoms with Crippen molar-refractivity contribution in [2.75, 3.05) is 5.75 Å². The second kappa shape index (κ2) is 5.73. The SMILES string of the molecule is CCc1nc(SCC(=O)c2c(C)[nH]c3ccccc23)n[nH]1. The van der Waals surface area contributed by atoms with Crippen LogP contribution in [0.3, 0.4) is 0 Å². The number of ketones is 1. The molecule has 0 aliphatic heterocycles.